The largest absolute Gasteiger partial charge is 0.352 e. The monoisotopic (exact) mass is 547 g/mol. The van der Waals surface area contributed by atoms with Gasteiger partial charge in [-0.2, -0.15) is 0 Å². The number of para-hydroxylation sites is 1. The molecule has 1 atom stereocenters. The van der Waals surface area contributed by atoms with E-state index in [1.165, 1.54) is 23.5 Å². The summed E-state index contributed by atoms with van der Waals surface area (Å²) < 4.78 is 28.8. The number of rotatable bonds is 10. The molecule has 4 rings (SSSR count). The lowest BCUT2D eigenvalue weighted by Crippen LogP contribution is -2.53. The van der Waals surface area contributed by atoms with Crippen LogP contribution in [0, 0.1) is 6.92 Å². The molecule has 3 aromatic rings. The van der Waals surface area contributed by atoms with E-state index in [1.807, 2.05) is 49.4 Å². The molecule has 0 aliphatic heterocycles. The maximum atomic E-state index is 14.0. The number of amides is 2. The van der Waals surface area contributed by atoms with Crippen molar-refractivity contribution in [2.45, 2.75) is 69.5 Å². The molecule has 0 spiro atoms. The first-order chi connectivity index (χ1) is 18.8. The maximum absolute atomic E-state index is 14.0. The average Bonchev–Trinajstić information content (AvgIpc) is 2.96. The van der Waals surface area contributed by atoms with Crippen LogP contribution in [0.3, 0.4) is 0 Å². The first-order valence-corrected chi connectivity index (χ1v) is 15.0. The van der Waals surface area contributed by atoms with E-state index in [4.69, 9.17) is 0 Å². The van der Waals surface area contributed by atoms with Gasteiger partial charge in [0.05, 0.1) is 10.6 Å². The van der Waals surface area contributed by atoms with Gasteiger partial charge < -0.3 is 10.2 Å². The van der Waals surface area contributed by atoms with Crippen LogP contribution in [0.15, 0.2) is 89.8 Å². The summed E-state index contributed by atoms with van der Waals surface area (Å²) in [5, 5.41) is 3.13. The molecule has 7 nitrogen and oxygen atoms in total. The van der Waals surface area contributed by atoms with Gasteiger partial charge in [-0.1, -0.05) is 86.0 Å². The molecule has 0 unspecified atom stereocenters. The van der Waals surface area contributed by atoms with Crippen LogP contribution < -0.4 is 9.62 Å². The van der Waals surface area contributed by atoms with Crippen LogP contribution in [0.4, 0.5) is 5.69 Å². The lowest BCUT2D eigenvalue weighted by atomic mass is 9.95. The minimum atomic E-state index is -4.06. The zero-order valence-corrected chi connectivity index (χ0v) is 23.4. The van der Waals surface area contributed by atoms with Crippen molar-refractivity contribution < 1.29 is 18.0 Å². The predicted molar refractivity (Wildman–Crippen MR) is 154 cm³/mol. The summed E-state index contributed by atoms with van der Waals surface area (Å²) >= 11 is 0. The van der Waals surface area contributed by atoms with E-state index in [-0.39, 0.29) is 23.4 Å². The van der Waals surface area contributed by atoms with E-state index < -0.39 is 28.5 Å². The molecule has 206 valence electrons. The van der Waals surface area contributed by atoms with Crippen LogP contribution in [0.1, 0.15) is 50.2 Å². The van der Waals surface area contributed by atoms with Gasteiger partial charge in [0.2, 0.25) is 11.8 Å². The molecule has 0 bridgehead atoms. The predicted octanol–water partition coefficient (Wildman–Crippen LogP) is 5.06. The van der Waals surface area contributed by atoms with E-state index in [0.29, 0.717) is 5.69 Å². The van der Waals surface area contributed by atoms with Gasteiger partial charge in [0.1, 0.15) is 12.6 Å². The Kier molecular flexibility index (Phi) is 9.41. The molecule has 3 aromatic carbocycles. The third-order valence-electron chi connectivity index (χ3n) is 7.31. The standard InChI is InChI=1S/C31H37N3O4S/c1-24-14-12-13-21-29(24)34(39(37,38)28-19-10-5-11-20-28)23-30(35)33(22-26-15-6-3-7-16-26)25(2)31(36)32-27-17-8-4-9-18-27/h3,5-7,10-16,19-21,25,27H,4,8-9,17-18,22-23H2,1-2H3,(H,32,36)/t25-/m0/s1. The third kappa shape index (κ3) is 7.06. The lowest BCUT2D eigenvalue weighted by molar-refractivity contribution is -0.139. The van der Waals surface area contributed by atoms with Crippen molar-refractivity contribution in [2.24, 2.45) is 0 Å². The van der Waals surface area contributed by atoms with Crippen molar-refractivity contribution in [2.75, 3.05) is 10.8 Å². The Balaban J connectivity index is 1.66. The Hall–Kier alpha value is -3.65. The average molecular weight is 548 g/mol. The number of sulfonamides is 1. The van der Waals surface area contributed by atoms with Gasteiger partial charge in [-0.15, -0.1) is 0 Å². The number of nitrogens with one attached hydrogen (secondary N) is 1. The number of benzene rings is 3. The number of aryl methyl sites for hydroxylation is 1. The van der Waals surface area contributed by atoms with Crippen LogP contribution in [0.25, 0.3) is 0 Å². The molecule has 0 radical (unpaired) electrons. The highest BCUT2D eigenvalue weighted by Crippen LogP contribution is 2.27. The van der Waals surface area contributed by atoms with Crippen molar-refractivity contribution in [1.82, 2.24) is 10.2 Å². The quantitative estimate of drug-likeness (QED) is 0.385. The van der Waals surface area contributed by atoms with Gasteiger partial charge >= 0.3 is 0 Å². The second-order valence-electron chi connectivity index (χ2n) is 10.1. The van der Waals surface area contributed by atoms with Crippen molar-refractivity contribution >= 4 is 27.5 Å². The van der Waals surface area contributed by atoms with E-state index >= 15 is 0 Å². The van der Waals surface area contributed by atoms with E-state index in [0.717, 1.165) is 41.1 Å². The van der Waals surface area contributed by atoms with Gasteiger partial charge in [-0.25, -0.2) is 8.42 Å². The molecular weight excluding hydrogens is 510 g/mol. The SMILES string of the molecule is Cc1ccccc1N(CC(=O)N(Cc1ccccc1)[C@@H](C)C(=O)NC1CCCCC1)S(=O)(=O)c1ccccc1. The summed E-state index contributed by atoms with van der Waals surface area (Å²) in [6.45, 7) is 3.28. The molecule has 1 fully saturated rings. The van der Waals surface area contributed by atoms with Crippen molar-refractivity contribution in [3.05, 3.63) is 96.1 Å². The number of hydrogen-bond acceptors (Lipinski definition) is 4. The van der Waals surface area contributed by atoms with Gasteiger partial charge in [-0.05, 0) is 56.0 Å². The summed E-state index contributed by atoms with van der Waals surface area (Å²) in [5.41, 5.74) is 2.01. The van der Waals surface area contributed by atoms with E-state index in [1.54, 1.807) is 37.3 Å². The van der Waals surface area contributed by atoms with E-state index in [9.17, 15) is 18.0 Å². The molecule has 0 heterocycles. The molecule has 39 heavy (non-hydrogen) atoms. The summed E-state index contributed by atoms with van der Waals surface area (Å²) in [6, 6.07) is 24.0. The fourth-order valence-corrected chi connectivity index (χ4v) is 6.51. The molecule has 0 aromatic heterocycles. The highest BCUT2D eigenvalue weighted by atomic mass is 32.2. The molecule has 8 heteroatoms. The number of anilines is 1. The first-order valence-electron chi connectivity index (χ1n) is 13.5. The van der Waals surface area contributed by atoms with Crippen molar-refractivity contribution in [1.29, 1.82) is 0 Å². The molecule has 1 aliphatic rings. The second kappa shape index (κ2) is 12.9. The zero-order chi connectivity index (χ0) is 27.8. The first kappa shape index (κ1) is 28.4. The van der Waals surface area contributed by atoms with Crippen LogP contribution in [0.2, 0.25) is 0 Å². The van der Waals surface area contributed by atoms with Gasteiger partial charge in [0.15, 0.2) is 0 Å². The van der Waals surface area contributed by atoms with Crippen molar-refractivity contribution in [3.8, 4) is 0 Å². The Bertz CT molecular complexity index is 1360. The van der Waals surface area contributed by atoms with Gasteiger partial charge in [-0.3, -0.25) is 13.9 Å². The second-order valence-corrected chi connectivity index (χ2v) is 12.0. The molecule has 1 N–H and O–H groups in total. The number of carbonyl (C=O) groups is 2. The Labute approximate surface area is 231 Å². The summed E-state index contributed by atoms with van der Waals surface area (Å²) in [6.07, 6.45) is 5.19. The highest BCUT2D eigenvalue weighted by Gasteiger charge is 2.33. The minimum Gasteiger partial charge on any atom is -0.352 e. The summed E-state index contributed by atoms with van der Waals surface area (Å²) in [4.78, 5) is 28.9. The summed E-state index contributed by atoms with van der Waals surface area (Å²) in [5.74, 6) is -0.674. The zero-order valence-electron chi connectivity index (χ0n) is 22.6. The van der Waals surface area contributed by atoms with Crippen LogP contribution >= 0.6 is 0 Å². The number of nitrogens with zero attached hydrogens (tertiary/aromatic N) is 2. The number of carbonyl (C=O) groups excluding carboxylic acids is 2. The Morgan fingerprint density at radius 2 is 1.46 bits per heavy atom. The lowest BCUT2D eigenvalue weighted by Gasteiger charge is -2.33. The summed E-state index contributed by atoms with van der Waals surface area (Å²) in [7, 11) is -4.06. The molecule has 0 saturated heterocycles. The Morgan fingerprint density at radius 3 is 2.10 bits per heavy atom. The molecule has 1 aliphatic carbocycles. The van der Waals surface area contributed by atoms with Gasteiger partial charge in [0, 0.05) is 12.6 Å². The smallest absolute Gasteiger partial charge is 0.264 e. The topological polar surface area (TPSA) is 86.8 Å². The minimum absolute atomic E-state index is 0.0961. The fourth-order valence-electron chi connectivity index (χ4n) is 5.01. The fraction of sp³-hybridized carbons (Fsp3) is 0.355. The van der Waals surface area contributed by atoms with Crippen molar-refractivity contribution in [3.63, 3.8) is 0 Å². The van der Waals surface area contributed by atoms with Gasteiger partial charge in [0.25, 0.3) is 10.0 Å². The van der Waals surface area contributed by atoms with E-state index in [2.05, 4.69) is 5.32 Å². The van der Waals surface area contributed by atoms with Crippen LogP contribution in [0.5, 0.6) is 0 Å². The highest BCUT2D eigenvalue weighted by molar-refractivity contribution is 7.92. The number of hydrogen-bond donors (Lipinski definition) is 1. The van der Waals surface area contributed by atoms with Crippen LogP contribution in [-0.2, 0) is 26.2 Å². The normalized spacial score (nSPS) is 14.8. The Morgan fingerprint density at radius 1 is 0.872 bits per heavy atom. The molecule has 2 amide bonds. The molecule has 1 saturated carbocycles. The molecular formula is C31H37N3O4S. The maximum Gasteiger partial charge on any atom is 0.264 e. The van der Waals surface area contributed by atoms with Crippen LogP contribution in [-0.4, -0.2) is 43.8 Å². The third-order valence-corrected chi connectivity index (χ3v) is 9.08.